The summed E-state index contributed by atoms with van der Waals surface area (Å²) in [4.78, 5) is 4.08. The van der Waals surface area contributed by atoms with Gasteiger partial charge in [-0.25, -0.2) is 8.78 Å². The molecule has 0 radical (unpaired) electrons. The molecule has 0 aliphatic carbocycles. The molecule has 2 N–H and O–H groups in total. The van der Waals surface area contributed by atoms with Gasteiger partial charge in [-0.15, -0.1) is 0 Å². The molecule has 0 fully saturated rings. The normalized spacial score (nSPS) is 10.8. The van der Waals surface area contributed by atoms with E-state index in [2.05, 4.69) is 10.1 Å². The Morgan fingerprint density at radius 2 is 1.76 bits per heavy atom. The smallest absolute Gasteiger partial charge is 0.259 e. The van der Waals surface area contributed by atoms with Gasteiger partial charge in [-0.2, -0.15) is 4.98 Å². The highest BCUT2D eigenvalue weighted by molar-refractivity contribution is 6.33. The zero-order valence-corrected chi connectivity index (χ0v) is 11.2. The molecule has 7 heteroatoms. The molecule has 0 spiro atoms. The van der Waals surface area contributed by atoms with E-state index >= 15 is 0 Å². The van der Waals surface area contributed by atoms with Gasteiger partial charge in [-0.3, -0.25) is 0 Å². The Morgan fingerprint density at radius 1 is 1.05 bits per heavy atom. The van der Waals surface area contributed by atoms with Gasteiger partial charge in [0.15, 0.2) is 0 Å². The van der Waals surface area contributed by atoms with Crippen LogP contribution in [0.1, 0.15) is 0 Å². The molecule has 2 aromatic carbocycles. The summed E-state index contributed by atoms with van der Waals surface area (Å²) < 4.78 is 31.5. The number of anilines is 1. The minimum atomic E-state index is -0.724. The number of rotatable bonds is 2. The van der Waals surface area contributed by atoms with E-state index < -0.39 is 11.6 Å². The second-order valence-electron chi connectivity index (χ2n) is 4.32. The molecule has 0 aliphatic heterocycles. The Bertz CT molecular complexity index is 799. The molecule has 106 valence electrons. The van der Waals surface area contributed by atoms with Gasteiger partial charge in [0.2, 0.25) is 5.82 Å². The molecular formula is C14H8ClF2N3O. The number of halogens is 3. The first kappa shape index (κ1) is 13.5. The van der Waals surface area contributed by atoms with Crippen LogP contribution in [0.2, 0.25) is 5.02 Å². The summed E-state index contributed by atoms with van der Waals surface area (Å²) in [6.45, 7) is 0. The quantitative estimate of drug-likeness (QED) is 0.729. The van der Waals surface area contributed by atoms with Crippen molar-refractivity contribution in [3.8, 4) is 22.8 Å². The molecule has 3 aromatic rings. The van der Waals surface area contributed by atoms with Crippen LogP contribution in [0.25, 0.3) is 22.8 Å². The third-order valence-electron chi connectivity index (χ3n) is 2.77. The summed E-state index contributed by atoms with van der Waals surface area (Å²) in [7, 11) is 0. The number of hydrogen-bond donors (Lipinski definition) is 1. The minimum absolute atomic E-state index is 0.0573. The first-order valence-corrected chi connectivity index (χ1v) is 6.26. The van der Waals surface area contributed by atoms with Crippen LogP contribution in [0, 0.1) is 11.6 Å². The van der Waals surface area contributed by atoms with Gasteiger partial charge in [0.25, 0.3) is 5.89 Å². The van der Waals surface area contributed by atoms with Gasteiger partial charge in [0, 0.05) is 17.3 Å². The van der Waals surface area contributed by atoms with Crippen molar-refractivity contribution < 1.29 is 13.3 Å². The van der Waals surface area contributed by atoms with Gasteiger partial charge in [-0.05, 0) is 30.3 Å². The van der Waals surface area contributed by atoms with Crippen LogP contribution < -0.4 is 5.73 Å². The number of nitrogens with zero attached hydrogens (tertiary/aromatic N) is 2. The average Bonchev–Trinajstić information content (AvgIpc) is 2.90. The molecule has 0 atom stereocenters. The summed E-state index contributed by atoms with van der Waals surface area (Å²) in [6, 6.07) is 7.78. The molecule has 1 aromatic heterocycles. The van der Waals surface area contributed by atoms with Crippen molar-refractivity contribution in [2.45, 2.75) is 0 Å². The number of nitrogens with two attached hydrogens (primary N) is 1. The summed E-state index contributed by atoms with van der Waals surface area (Å²) in [5, 5.41) is 4.08. The lowest BCUT2D eigenvalue weighted by Gasteiger charge is -1.99. The third-order valence-corrected chi connectivity index (χ3v) is 3.10. The Hall–Kier alpha value is -2.47. The van der Waals surface area contributed by atoms with E-state index in [1.54, 1.807) is 18.2 Å². The van der Waals surface area contributed by atoms with E-state index in [-0.39, 0.29) is 17.3 Å². The van der Waals surface area contributed by atoms with Crippen LogP contribution in [-0.4, -0.2) is 10.1 Å². The SMILES string of the molecule is Nc1ccc(Cl)c(-c2nc(-c3cc(F)cc(F)c3)no2)c1. The molecule has 21 heavy (non-hydrogen) atoms. The zero-order valence-electron chi connectivity index (χ0n) is 10.5. The molecule has 0 aliphatic rings. The maximum absolute atomic E-state index is 13.2. The molecule has 0 saturated carbocycles. The van der Waals surface area contributed by atoms with Crippen LogP contribution in [0.4, 0.5) is 14.5 Å². The van der Waals surface area contributed by atoms with Crippen molar-refractivity contribution in [1.82, 2.24) is 10.1 Å². The highest BCUT2D eigenvalue weighted by atomic mass is 35.5. The zero-order chi connectivity index (χ0) is 15.0. The van der Waals surface area contributed by atoms with Crippen LogP contribution in [0.3, 0.4) is 0 Å². The second kappa shape index (κ2) is 5.14. The lowest BCUT2D eigenvalue weighted by molar-refractivity contribution is 0.432. The highest BCUT2D eigenvalue weighted by Crippen LogP contribution is 2.30. The van der Waals surface area contributed by atoms with Crippen LogP contribution in [0.15, 0.2) is 40.9 Å². The van der Waals surface area contributed by atoms with E-state index in [0.717, 1.165) is 18.2 Å². The summed E-state index contributed by atoms with van der Waals surface area (Å²) in [5.74, 6) is -1.27. The van der Waals surface area contributed by atoms with Crippen molar-refractivity contribution in [2.24, 2.45) is 0 Å². The van der Waals surface area contributed by atoms with E-state index in [1.807, 2.05) is 0 Å². The molecule has 0 unspecified atom stereocenters. The minimum Gasteiger partial charge on any atom is -0.399 e. The lowest BCUT2D eigenvalue weighted by atomic mass is 10.2. The Balaban J connectivity index is 2.05. The molecule has 0 saturated heterocycles. The van der Waals surface area contributed by atoms with Crippen LogP contribution in [0.5, 0.6) is 0 Å². The van der Waals surface area contributed by atoms with Crippen LogP contribution >= 0.6 is 11.6 Å². The van der Waals surface area contributed by atoms with Crippen molar-refractivity contribution in [3.63, 3.8) is 0 Å². The second-order valence-corrected chi connectivity index (χ2v) is 4.73. The van der Waals surface area contributed by atoms with Crippen LogP contribution in [-0.2, 0) is 0 Å². The average molecular weight is 308 g/mol. The van der Waals surface area contributed by atoms with E-state index in [4.69, 9.17) is 21.9 Å². The summed E-state index contributed by atoms with van der Waals surface area (Å²) in [6.07, 6.45) is 0. The first-order valence-electron chi connectivity index (χ1n) is 5.88. The number of hydrogen-bond acceptors (Lipinski definition) is 4. The number of aromatic nitrogens is 2. The Kier molecular flexibility index (Phi) is 3.31. The van der Waals surface area contributed by atoms with Gasteiger partial charge in [-0.1, -0.05) is 16.8 Å². The molecule has 1 heterocycles. The van der Waals surface area contributed by atoms with Gasteiger partial charge in [0.1, 0.15) is 11.6 Å². The molecule has 4 nitrogen and oxygen atoms in total. The van der Waals surface area contributed by atoms with Crippen molar-refractivity contribution in [3.05, 3.63) is 53.1 Å². The molecule has 0 bridgehead atoms. The maximum atomic E-state index is 13.2. The summed E-state index contributed by atoms with van der Waals surface area (Å²) >= 11 is 6.03. The fourth-order valence-electron chi connectivity index (χ4n) is 1.84. The maximum Gasteiger partial charge on any atom is 0.259 e. The largest absolute Gasteiger partial charge is 0.399 e. The fraction of sp³-hybridized carbons (Fsp3) is 0. The van der Waals surface area contributed by atoms with Crippen molar-refractivity contribution >= 4 is 17.3 Å². The van der Waals surface area contributed by atoms with Gasteiger partial charge < -0.3 is 10.3 Å². The van der Waals surface area contributed by atoms with Gasteiger partial charge in [0.05, 0.1) is 10.6 Å². The Morgan fingerprint density at radius 3 is 2.48 bits per heavy atom. The number of benzene rings is 2. The predicted molar refractivity (Wildman–Crippen MR) is 74.5 cm³/mol. The van der Waals surface area contributed by atoms with E-state index in [1.165, 1.54) is 0 Å². The Labute approximate surface area is 123 Å². The van der Waals surface area contributed by atoms with E-state index in [9.17, 15) is 8.78 Å². The summed E-state index contributed by atoms with van der Waals surface area (Å²) in [5.41, 5.74) is 6.77. The first-order chi connectivity index (χ1) is 10.0. The standard InChI is InChI=1S/C14H8ClF2N3O/c15-12-2-1-10(18)6-11(12)14-19-13(20-21-14)7-3-8(16)5-9(17)4-7/h1-6H,18H2. The topological polar surface area (TPSA) is 64.9 Å². The van der Waals surface area contributed by atoms with Crippen molar-refractivity contribution in [2.75, 3.05) is 5.73 Å². The monoisotopic (exact) mass is 307 g/mol. The van der Waals surface area contributed by atoms with Crippen molar-refractivity contribution in [1.29, 1.82) is 0 Å². The molecule has 0 amide bonds. The highest BCUT2D eigenvalue weighted by Gasteiger charge is 2.15. The predicted octanol–water partition coefficient (Wildman–Crippen LogP) is 3.92. The van der Waals surface area contributed by atoms with E-state index in [0.29, 0.717) is 16.3 Å². The molecular weight excluding hydrogens is 300 g/mol. The fourth-order valence-corrected chi connectivity index (χ4v) is 2.04. The lowest BCUT2D eigenvalue weighted by Crippen LogP contribution is -1.88. The molecule has 3 rings (SSSR count). The third kappa shape index (κ3) is 2.71. The van der Waals surface area contributed by atoms with Gasteiger partial charge >= 0.3 is 0 Å². The number of nitrogen functional groups attached to an aromatic ring is 1.